The van der Waals surface area contributed by atoms with Crippen molar-refractivity contribution in [2.24, 2.45) is 0 Å². The second-order valence-electron chi connectivity index (χ2n) is 7.59. The largest absolute Gasteiger partial charge is 0.486 e. The Balaban J connectivity index is 1.26. The van der Waals surface area contributed by atoms with E-state index in [0.717, 1.165) is 48.3 Å². The van der Waals surface area contributed by atoms with E-state index in [9.17, 15) is 4.79 Å². The first-order valence-corrected chi connectivity index (χ1v) is 11.3. The smallest absolute Gasteiger partial charge is 0.277 e. The standard InChI is InChI=1S/C22H22N4O4S/c27-19(14-31-21-26-25-20(30-21)15-5-9-23-10-6-15)24-22(7-1-2-8-22)16-3-4-17-18(13-16)29-12-11-28-17/h3-6,9-10,13H,1-2,7-8,11-12,14H2,(H,24,27). The quantitative estimate of drug-likeness (QED) is 0.583. The SMILES string of the molecule is O=C(CSc1nnc(-c2ccncc2)o1)NC1(c2ccc3c(c2)OCCO3)CCCC1. The number of pyridine rings is 1. The molecule has 3 heterocycles. The third-order valence-electron chi connectivity index (χ3n) is 5.59. The van der Waals surface area contributed by atoms with Gasteiger partial charge < -0.3 is 19.2 Å². The molecule has 0 bridgehead atoms. The minimum Gasteiger partial charge on any atom is -0.486 e. The second kappa shape index (κ2) is 8.58. The number of fused-ring (bicyclic) bond motifs is 1. The molecule has 0 atom stereocenters. The van der Waals surface area contributed by atoms with Crippen LogP contribution in [0.2, 0.25) is 0 Å². The lowest BCUT2D eigenvalue weighted by atomic mass is 9.87. The van der Waals surface area contributed by atoms with Gasteiger partial charge in [0.25, 0.3) is 5.22 Å². The van der Waals surface area contributed by atoms with Crippen LogP contribution in [0.15, 0.2) is 52.4 Å². The van der Waals surface area contributed by atoms with E-state index in [1.165, 1.54) is 11.8 Å². The fraction of sp³-hybridized carbons (Fsp3) is 0.364. The molecule has 3 aromatic rings. The third kappa shape index (κ3) is 4.23. The number of amides is 1. The van der Waals surface area contributed by atoms with Gasteiger partial charge in [-0.1, -0.05) is 30.7 Å². The summed E-state index contributed by atoms with van der Waals surface area (Å²) in [5.74, 6) is 2.04. The van der Waals surface area contributed by atoms with Gasteiger partial charge in [-0.3, -0.25) is 9.78 Å². The van der Waals surface area contributed by atoms with E-state index in [1.54, 1.807) is 24.5 Å². The number of ether oxygens (including phenoxy) is 2. The predicted octanol–water partition coefficient (Wildman–Crippen LogP) is 3.58. The summed E-state index contributed by atoms with van der Waals surface area (Å²) in [5.41, 5.74) is 1.47. The lowest BCUT2D eigenvalue weighted by Gasteiger charge is -2.32. The van der Waals surface area contributed by atoms with Gasteiger partial charge >= 0.3 is 0 Å². The summed E-state index contributed by atoms with van der Waals surface area (Å²) >= 11 is 1.23. The van der Waals surface area contributed by atoms with Crippen molar-refractivity contribution in [3.63, 3.8) is 0 Å². The van der Waals surface area contributed by atoms with E-state index < -0.39 is 0 Å². The van der Waals surface area contributed by atoms with Crippen LogP contribution in [0.5, 0.6) is 11.5 Å². The number of hydrogen-bond acceptors (Lipinski definition) is 8. The monoisotopic (exact) mass is 438 g/mol. The van der Waals surface area contributed by atoms with Crippen LogP contribution < -0.4 is 14.8 Å². The van der Waals surface area contributed by atoms with Gasteiger partial charge in [-0.15, -0.1) is 10.2 Å². The van der Waals surface area contributed by atoms with Crippen LogP contribution in [0.25, 0.3) is 11.5 Å². The molecule has 31 heavy (non-hydrogen) atoms. The van der Waals surface area contributed by atoms with Gasteiger partial charge in [0.05, 0.1) is 11.3 Å². The maximum absolute atomic E-state index is 12.8. The summed E-state index contributed by atoms with van der Waals surface area (Å²) < 4.78 is 17.0. The lowest BCUT2D eigenvalue weighted by Crippen LogP contribution is -2.44. The fourth-order valence-corrected chi connectivity index (χ4v) is 4.68. The van der Waals surface area contributed by atoms with Gasteiger partial charge in [0, 0.05) is 18.0 Å². The molecule has 0 saturated heterocycles. The molecule has 1 amide bonds. The van der Waals surface area contributed by atoms with Crippen molar-refractivity contribution in [3.05, 3.63) is 48.3 Å². The molecular formula is C22H22N4O4S. The summed E-state index contributed by atoms with van der Waals surface area (Å²) in [6.07, 6.45) is 7.27. The zero-order valence-electron chi connectivity index (χ0n) is 16.9. The van der Waals surface area contributed by atoms with Crippen molar-refractivity contribution in [1.29, 1.82) is 0 Å². The highest BCUT2D eigenvalue weighted by Crippen LogP contribution is 2.42. The van der Waals surface area contributed by atoms with Crippen LogP contribution in [0.1, 0.15) is 31.2 Å². The molecule has 2 aromatic heterocycles. The van der Waals surface area contributed by atoms with E-state index in [4.69, 9.17) is 13.9 Å². The summed E-state index contributed by atoms with van der Waals surface area (Å²) in [4.78, 5) is 16.8. The van der Waals surface area contributed by atoms with E-state index in [1.807, 2.05) is 18.2 Å². The molecule has 1 aliphatic heterocycles. The van der Waals surface area contributed by atoms with Gasteiger partial charge in [-0.05, 0) is 42.7 Å². The minimum atomic E-state index is -0.384. The van der Waals surface area contributed by atoms with E-state index in [2.05, 4.69) is 20.5 Å². The fourth-order valence-electron chi connectivity index (χ4n) is 4.11. The first-order valence-electron chi connectivity index (χ1n) is 10.3. The average molecular weight is 439 g/mol. The Bertz CT molecular complexity index is 1070. The highest BCUT2D eigenvalue weighted by molar-refractivity contribution is 7.99. The Labute approximate surface area is 183 Å². The van der Waals surface area contributed by atoms with Crippen molar-refractivity contribution in [2.75, 3.05) is 19.0 Å². The molecule has 0 unspecified atom stereocenters. The Hall–Kier alpha value is -3.07. The predicted molar refractivity (Wildman–Crippen MR) is 114 cm³/mol. The molecule has 1 N–H and O–H groups in total. The molecule has 8 nitrogen and oxygen atoms in total. The molecule has 0 spiro atoms. The van der Waals surface area contributed by atoms with Crippen LogP contribution >= 0.6 is 11.8 Å². The van der Waals surface area contributed by atoms with Gasteiger partial charge in [0.2, 0.25) is 11.8 Å². The lowest BCUT2D eigenvalue weighted by molar-refractivity contribution is -0.120. The molecular weight excluding hydrogens is 416 g/mol. The van der Waals surface area contributed by atoms with Crippen molar-refractivity contribution < 1.29 is 18.7 Å². The summed E-state index contributed by atoms with van der Waals surface area (Å²) in [6.45, 7) is 1.10. The van der Waals surface area contributed by atoms with Crippen LogP contribution in [0.3, 0.4) is 0 Å². The first-order chi connectivity index (χ1) is 15.2. The van der Waals surface area contributed by atoms with Crippen LogP contribution in [0.4, 0.5) is 0 Å². The van der Waals surface area contributed by atoms with Crippen molar-refractivity contribution in [3.8, 4) is 23.0 Å². The molecule has 1 fully saturated rings. The van der Waals surface area contributed by atoms with E-state index >= 15 is 0 Å². The number of nitrogens with one attached hydrogen (secondary N) is 1. The number of benzene rings is 1. The number of aromatic nitrogens is 3. The first kappa shape index (κ1) is 19.9. The average Bonchev–Trinajstić information content (AvgIpc) is 3.49. The zero-order chi connectivity index (χ0) is 21.1. The zero-order valence-corrected chi connectivity index (χ0v) is 17.7. The second-order valence-corrected chi connectivity index (χ2v) is 8.52. The molecule has 1 aromatic carbocycles. The number of carbonyl (C=O) groups is 1. The molecule has 160 valence electrons. The van der Waals surface area contributed by atoms with Crippen molar-refractivity contribution in [1.82, 2.24) is 20.5 Å². The summed E-state index contributed by atoms with van der Waals surface area (Å²) in [7, 11) is 0. The van der Waals surface area contributed by atoms with Gasteiger partial charge in [-0.25, -0.2) is 0 Å². The summed E-state index contributed by atoms with van der Waals surface area (Å²) in [6, 6.07) is 9.57. The van der Waals surface area contributed by atoms with Crippen molar-refractivity contribution in [2.45, 2.75) is 36.4 Å². The van der Waals surface area contributed by atoms with Crippen LogP contribution in [-0.4, -0.2) is 40.1 Å². The maximum Gasteiger partial charge on any atom is 0.277 e. The topological polar surface area (TPSA) is 99.4 Å². The van der Waals surface area contributed by atoms with Crippen molar-refractivity contribution >= 4 is 17.7 Å². The molecule has 1 aliphatic carbocycles. The number of carbonyl (C=O) groups excluding carboxylic acids is 1. The Kier molecular flexibility index (Phi) is 5.50. The third-order valence-corrected chi connectivity index (χ3v) is 6.41. The molecule has 5 rings (SSSR count). The summed E-state index contributed by atoms with van der Waals surface area (Å²) in [5, 5.41) is 11.7. The Morgan fingerprint density at radius 2 is 1.81 bits per heavy atom. The number of thioether (sulfide) groups is 1. The Morgan fingerprint density at radius 1 is 1.03 bits per heavy atom. The van der Waals surface area contributed by atoms with E-state index in [-0.39, 0.29) is 17.2 Å². The Morgan fingerprint density at radius 3 is 2.61 bits per heavy atom. The molecule has 2 aliphatic rings. The number of hydrogen-bond donors (Lipinski definition) is 1. The number of nitrogens with zero attached hydrogens (tertiary/aromatic N) is 3. The van der Waals surface area contributed by atoms with Crippen LogP contribution in [-0.2, 0) is 10.3 Å². The van der Waals surface area contributed by atoms with Gasteiger partial charge in [0.15, 0.2) is 11.5 Å². The van der Waals surface area contributed by atoms with Gasteiger partial charge in [0.1, 0.15) is 13.2 Å². The highest BCUT2D eigenvalue weighted by atomic mass is 32.2. The minimum absolute atomic E-state index is 0.0644. The molecule has 1 saturated carbocycles. The number of rotatable bonds is 6. The maximum atomic E-state index is 12.8. The van der Waals surface area contributed by atoms with Gasteiger partial charge in [-0.2, -0.15) is 0 Å². The normalized spacial score (nSPS) is 16.8. The van der Waals surface area contributed by atoms with E-state index in [0.29, 0.717) is 24.3 Å². The van der Waals surface area contributed by atoms with Crippen LogP contribution in [0, 0.1) is 0 Å². The molecule has 0 radical (unpaired) electrons. The molecule has 9 heteroatoms. The highest BCUT2D eigenvalue weighted by Gasteiger charge is 2.38.